The smallest absolute Gasteiger partial charge is 0.230 e. The van der Waals surface area contributed by atoms with E-state index in [0.717, 1.165) is 17.3 Å². The molecule has 0 aliphatic carbocycles. The molecule has 1 aliphatic rings. The number of thioether (sulfide) groups is 1. The van der Waals surface area contributed by atoms with E-state index in [1.54, 1.807) is 12.1 Å². The molecule has 0 fully saturated rings. The van der Waals surface area contributed by atoms with Crippen molar-refractivity contribution >= 4 is 23.6 Å². The zero-order valence-electron chi connectivity index (χ0n) is 13.9. The Morgan fingerprint density at radius 2 is 2.12 bits per heavy atom. The zero-order chi connectivity index (χ0) is 18.4. The predicted molar refractivity (Wildman–Crippen MR) is 97.6 cm³/mol. The monoisotopic (exact) mass is 367 g/mol. The second kappa shape index (κ2) is 8.41. The maximum atomic E-state index is 12.1. The maximum absolute atomic E-state index is 12.1. The summed E-state index contributed by atoms with van der Waals surface area (Å²) in [6, 6.07) is 15.2. The Kier molecular flexibility index (Phi) is 5.77. The van der Waals surface area contributed by atoms with E-state index in [0.29, 0.717) is 22.9 Å². The summed E-state index contributed by atoms with van der Waals surface area (Å²) in [7, 11) is 0. The molecule has 0 unspecified atom stereocenters. The van der Waals surface area contributed by atoms with Crippen molar-refractivity contribution in [3.05, 3.63) is 70.7 Å². The fraction of sp³-hybridized carbons (Fsp3) is 0.211. The van der Waals surface area contributed by atoms with Crippen LogP contribution in [-0.2, 0) is 16.1 Å². The second-order valence-electron chi connectivity index (χ2n) is 5.73. The van der Waals surface area contributed by atoms with Crippen LogP contribution in [0.5, 0.6) is 0 Å². The summed E-state index contributed by atoms with van der Waals surface area (Å²) >= 11 is 1.15. The van der Waals surface area contributed by atoms with E-state index >= 15 is 0 Å². The van der Waals surface area contributed by atoms with Crippen LogP contribution in [0.25, 0.3) is 0 Å². The lowest BCUT2D eigenvalue weighted by Gasteiger charge is -2.23. The molecule has 1 atom stereocenters. The van der Waals surface area contributed by atoms with Crippen molar-refractivity contribution in [2.24, 2.45) is 0 Å². The molecular formula is C19H17N3O3S. The molecule has 1 aromatic heterocycles. The van der Waals surface area contributed by atoms with Gasteiger partial charge in [0.05, 0.1) is 34.6 Å². The lowest BCUT2D eigenvalue weighted by molar-refractivity contribution is -0.121. The molecule has 2 aromatic rings. The van der Waals surface area contributed by atoms with Gasteiger partial charge in [-0.3, -0.25) is 9.59 Å². The Balaban J connectivity index is 1.64. The predicted octanol–water partition coefficient (Wildman–Crippen LogP) is 2.67. The maximum Gasteiger partial charge on any atom is 0.230 e. The van der Waals surface area contributed by atoms with Crippen LogP contribution in [0.15, 0.2) is 63.7 Å². The number of nitriles is 1. The molecule has 132 valence electrons. The fourth-order valence-corrected chi connectivity index (χ4v) is 3.56. The minimum atomic E-state index is -0.418. The average molecular weight is 367 g/mol. The first-order valence-electron chi connectivity index (χ1n) is 8.08. The van der Waals surface area contributed by atoms with Crippen molar-refractivity contribution in [3.63, 3.8) is 0 Å². The highest BCUT2D eigenvalue weighted by atomic mass is 32.2. The van der Waals surface area contributed by atoms with Gasteiger partial charge in [0.25, 0.3) is 0 Å². The number of nitrogens with zero attached hydrogens (tertiary/aromatic N) is 1. The van der Waals surface area contributed by atoms with Crippen LogP contribution in [0.4, 0.5) is 0 Å². The molecule has 2 heterocycles. The van der Waals surface area contributed by atoms with Crippen LogP contribution < -0.4 is 10.6 Å². The highest BCUT2D eigenvalue weighted by molar-refractivity contribution is 8.03. The molecular weight excluding hydrogens is 350 g/mol. The van der Waals surface area contributed by atoms with Crippen LogP contribution >= 0.6 is 11.8 Å². The first kappa shape index (κ1) is 17.8. The second-order valence-corrected chi connectivity index (χ2v) is 6.71. The number of rotatable bonds is 6. The Labute approximate surface area is 155 Å². The van der Waals surface area contributed by atoms with Crippen molar-refractivity contribution < 1.29 is 14.0 Å². The Morgan fingerprint density at radius 3 is 2.81 bits per heavy atom. The molecule has 6 nitrogen and oxygen atoms in total. The lowest BCUT2D eigenvalue weighted by atomic mass is 9.92. The molecule has 2 amide bonds. The van der Waals surface area contributed by atoms with Gasteiger partial charge in [-0.15, -0.1) is 0 Å². The molecule has 7 heteroatoms. The first-order valence-corrected chi connectivity index (χ1v) is 9.07. The summed E-state index contributed by atoms with van der Waals surface area (Å²) < 4.78 is 5.36. The lowest BCUT2D eigenvalue weighted by Crippen LogP contribution is -2.32. The van der Waals surface area contributed by atoms with E-state index in [1.807, 2.05) is 30.3 Å². The van der Waals surface area contributed by atoms with Gasteiger partial charge in [0.2, 0.25) is 11.8 Å². The van der Waals surface area contributed by atoms with Crippen molar-refractivity contribution in [2.45, 2.75) is 18.9 Å². The van der Waals surface area contributed by atoms with E-state index in [2.05, 4.69) is 16.7 Å². The molecule has 2 N–H and O–H groups in total. The number of hydrogen-bond acceptors (Lipinski definition) is 5. The number of furan rings is 1. The number of carbonyl (C=O) groups is 2. The van der Waals surface area contributed by atoms with Crippen LogP contribution in [0.1, 0.15) is 23.7 Å². The Morgan fingerprint density at radius 1 is 1.31 bits per heavy atom. The van der Waals surface area contributed by atoms with Gasteiger partial charge >= 0.3 is 0 Å². The quantitative estimate of drug-likeness (QED) is 0.818. The van der Waals surface area contributed by atoms with Gasteiger partial charge in [-0.25, -0.2) is 0 Å². The van der Waals surface area contributed by atoms with Crippen LogP contribution in [0.2, 0.25) is 0 Å². The number of hydrogen-bond donors (Lipinski definition) is 2. The first-order chi connectivity index (χ1) is 12.7. The molecule has 1 aliphatic heterocycles. The van der Waals surface area contributed by atoms with Crippen molar-refractivity contribution in [3.8, 4) is 6.07 Å². The molecule has 0 saturated carbocycles. The third-order valence-corrected chi connectivity index (χ3v) is 4.94. The standard InChI is InChI=1S/C19H17N3O3S/c20-10-15-14(16-7-4-8-25-16)9-17(23)22-19(15)26-12-18(24)21-11-13-5-2-1-3-6-13/h1-8,14H,9,11-12H2,(H,21,24)(H,22,23)/t14-/m1/s1. The fourth-order valence-electron chi connectivity index (χ4n) is 2.65. The number of carbonyl (C=O) groups excluding carboxylic acids is 2. The minimum absolute atomic E-state index is 0.110. The summed E-state index contributed by atoms with van der Waals surface area (Å²) in [5, 5.41) is 15.5. The van der Waals surface area contributed by atoms with Gasteiger partial charge in [0, 0.05) is 13.0 Å². The Bertz CT molecular complexity index is 854. The highest BCUT2D eigenvalue weighted by Crippen LogP contribution is 2.35. The van der Waals surface area contributed by atoms with Crippen LogP contribution in [0, 0.1) is 11.3 Å². The van der Waals surface area contributed by atoms with Crippen molar-refractivity contribution in [1.82, 2.24) is 10.6 Å². The molecule has 0 radical (unpaired) electrons. The van der Waals surface area contributed by atoms with Gasteiger partial charge in [0.15, 0.2) is 0 Å². The largest absolute Gasteiger partial charge is 0.469 e. The molecule has 3 rings (SSSR count). The third kappa shape index (κ3) is 4.35. The number of amides is 2. The third-order valence-electron chi connectivity index (χ3n) is 3.92. The molecule has 0 spiro atoms. The van der Waals surface area contributed by atoms with E-state index in [1.165, 1.54) is 6.26 Å². The van der Waals surface area contributed by atoms with Gasteiger partial charge in [-0.1, -0.05) is 42.1 Å². The number of benzene rings is 1. The van der Waals surface area contributed by atoms with Gasteiger partial charge < -0.3 is 15.1 Å². The van der Waals surface area contributed by atoms with Crippen LogP contribution in [-0.4, -0.2) is 17.6 Å². The highest BCUT2D eigenvalue weighted by Gasteiger charge is 2.31. The molecule has 0 saturated heterocycles. The zero-order valence-corrected chi connectivity index (χ0v) is 14.7. The van der Waals surface area contributed by atoms with Gasteiger partial charge in [-0.05, 0) is 17.7 Å². The molecule has 1 aromatic carbocycles. The van der Waals surface area contributed by atoms with Gasteiger partial charge in [0.1, 0.15) is 5.76 Å². The topological polar surface area (TPSA) is 95.1 Å². The molecule has 26 heavy (non-hydrogen) atoms. The van der Waals surface area contributed by atoms with Gasteiger partial charge in [-0.2, -0.15) is 5.26 Å². The normalized spacial score (nSPS) is 16.7. The van der Waals surface area contributed by atoms with E-state index < -0.39 is 5.92 Å². The van der Waals surface area contributed by atoms with E-state index in [4.69, 9.17) is 4.42 Å². The SMILES string of the molecule is N#CC1=C(SCC(=O)NCc2ccccc2)NC(=O)C[C@H]1c1ccco1. The van der Waals surface area contributed by atoms with Crippen molar-refractivity contribution in [1.29, 1.82) is 5.26 Å². The Hall–Kier alpha value is -2.98. The summed E-state index contributed by atoms with van der Waals surface area (Å²) in [5.41, 5.74) is 1.42. The number of allylic oxidation sites excluding steroid dienone is 1. The summed E-state index contributed by atoms with van der Waals surface area (Å²) in [4.78, 5) is 24.1. The average Bonchev–Trinajstić information content (AvgIpc) is 3.19. The van der Waals surface area contributed by atoms with Crippen molar-refractivity contribution in [2.75, 3.05) is 5.75 Å². The minimum Gasteiger partial charge on any atom is -0.469 e. The summed E-state index contributed by atoms with van der Waals surface area (Å²) in [6.07, 6.45) is 1.67. The molecule has 0 bridgehead atoms. The van der Waals surface area contributed by atoms with Crippen LogP contribution in [0.3, 0.4) is 0 Å². The summed E-state index contributed by atoms with van der Waals surface area (Å²) in [6.45, 7) is 0.436. The van der Waals surface area contributed by atoms with E-state index in [-0.39, 0.29) is 24.0 Å². The number of nitrogens with one attached hydrogen (secondary N) is 2. The van der Waals surface area contributed by atoms with E-state index in [9.17, 15) is 14.9 Å². The summed E-state index contributed by atoms with van der Waals surface area (Å²) in [5.74, 6) is -0.101.